The molecule has 1 rings (SSSR count). The van der Waals surface area contributed by atoms with E-state index in [-0.39, 0.29) is 0 Å². The summed E-state index contributed by atoms with van der Waals surface area (Å²) >= 11 is 0. The number of aromatic nitrogens is 2. The zero-order valence-electron chi connectivity index (χ0n) is 9.71. The highest BCUT2D eigenvalue weighted by atomic mass is 16.5. The fourth-order valence-corrected chi connectivity index (χ4v) is 1.39. The van der Waals surface area contributed by atoms with Crippen molar-refractivity contribution < 1.29 is 4.74 Å². The van der Waals surface area contributed by atoms with Crippen LogP contribution in [0, 0.1) is 13.8 Å². The third kappa shape index (κ3) is 3.09. The van der Waals surface area contributed by atoms with Gasteiger partial charge in [-0.05, 0) is 13.8 Å². The lowest BCUT2D eigenvalue weighted by atomic mass is 10.3. The van der Waals surface area contributed by atoms with E-state index in [1.807, 2.05) is 31.7 Å². The predicted octanol–water partition coefficient (Wildman–Crippen LogP) is 1.19. The predicted molar refractivity (Wildman–Crippen MR) is 61.2 cm³/mol. The number of hydrogen-bond donors (Lipinski definition) is 1. The average Bonchev–Trinajstić information content (AvgIpc) is 2.44. The molecule has 4 nitrogen and oxygen atoms in total. The monoisotopic (exact) mass is 209 g/mol. The Labute approximate surface area is 90.9 Å². The second-order valence-corrected chi connectivity index (χ2v) is 3.46. The minimum Gasteiger partial charge on any atom is -0.488 e. The number of nitrogens with one attached hydrogen (secondary N) is 1. The molecule has 0 atom stereocenters. The van der Waals surface area contributed by atoms with E-state index in [1.165, 1.54) is 0 Å². The minimum absolute atomic E-state index is 0.654. The lowest BCUT2D eigenvalue weighted by Crippen LogP contribution is -2.21. The van der Waals surface area contributed by atoms with Crippen LogP contribution in [0.25, 0.3) is 0 Å². The van der Waals surface area contributed by atoms with Gasteiger partial charge in [-0.3, -0.25) is 4.68 Å². The van der Waals surface area contributed by atoms with E-state index in [4.69, 9.17) is 4.74 Å². The molecule has 4 heteroatoms. The summed E-state index contributed by atoms with van der Waals surface area (Å²) in [5, 5.41) is 7.46. The summed E-state index contributed by atoms with van der Waals surface area (Å²) in [6, 6.07) is 0. The zero-order chi connectivity index (χ0) is 11.3. The van der Waals surface area contributed by atoms with Gasteiger partial charge in [0.05, 0.1) is 5.69 Å². The Morgan fingerprint density at radius 2 is 2.27 bits per heavy atom. The van der Waals surface area contributed by atoms with E-state index in [2.05, 4.69) is 17.0 Å². The van der Waals surface area contributed by atoms with E-state index >= 15 is 0 Å². The Bertz CT molecular complexity index is 331. The molecule has 0 aliphatic carbocycles. The van der Waals surface area contributed by atoms with Crippen molar-refractivity contribution in [3.63, 3.8) is 0 Å². The minimum atomic E-state index is 0.654. The van der Waals surface area contributed by atoms with Crippen molar-refractivity contribution in [1.29, 1.82) is 0 Å². The molecule has 15 heavy (non-hydrogen) atoms. The fraction of sp³-hybridized carbons (Fsp3) is 0.545. The molecule has 1 heterocycles. The molecule has 0 amide bonds. The van der Waals surface area contributed by atoms with Crippen LogP contribution in [0.1, 0.15) is 11.4 Å². The van der Waals surface area contributed by atoms with Gasteiger partial charge in [0.15, 0.2) is 5.75 Å². The Morgan fingerprint density at radius 3 is 2.80 bits per heavy atom. The van der Waals surface area contributed by atoms with Crippen LogP contribution < -0.4 is 10.1 Å². The van der Waals surface area contributed by atoms with Crippen molar-refractivity contribution in [3.05, 3.63) is 24.0 Å². The molecule has 0 spiro atoms. The Balaban J connectivity index is 2.40. The van der Waals surface area contributed by atoms with Crippen molar-refractivity contribution in [2.24, 2.45) is 7.05 Å². The second-order valence-electron chi connectivity index (χ2n) is 3.46. The van der Waals surface area contributed by atoms with Gasteiger partial charge in [-0.25, -0.2) is 0 Å². The number of rotatable bonds is 6. The summed E-state index contributed by atoms with van der Waals surface area (Å²) in [6.07, 6.45) is 1.83. The molecule has 0 bridgehead atoms. The molecule has 0 saturated carbocycles. The van der Waals surface area contributed by atoms with E-state index in [1.54, 1.807) is 0 Å². The molecule has 0 aromatic carbocycles. The Kier molecular flexibility index (Phi) is 4.37. The molecule has 1 N–H and O–H groups in total. The van der Waals surface area contributed by atoms with Gasteiger partial charge in [0.25, 0.3) is 0 Å². The third-order valence-electron chi connectivity index (χ3n) is 2.26. The second kappa shape index (κ2) is 5.56. The topological polar surface area (TPSA) is 39.1 Å². The van der Waals surface area contributed by atoms with Crippen molar-refractivity contribution in [2.45, 2.75) is 13.8 Å². The maximum atomic E-state index is 5.65. The molecule has 0 saturated heterocycles. The Morgan fingerprint density at radius 1 is 1.53 bits per heavy atom. The van der Waals surface area contributed by atoms with Gasteiger partial charge in [0, 0.05) is 20.1 Å². The maximum absolute atomic E-state index is 5.65. The largest absolute Gasteiger partial charge is 0.488 e. The molecule has 0 unspecified atom stereocenters. The molecular formula is C11H19N3O. The van der Waals surface area contributed by atoms with Crippen LogP contribution in [-0.4, -0.2) is 29.5 Å². The van der Waals surface area contributed by atoms with Crippen LogP contribution in [0.5, 0.6) is 5.75 Å². The van der Waals surface area contributed by atoms with Crippen molar-refractivity contribution in [3.8, 4) is 5.75 Å². The summed E-state index contributed by atoms with van der Waals surface area (Å²) < 4.78 is 7.49. The molecular weight excluding hydrogens is 190 g/mol. The normalized spacial score (nSPS) is 10.3. The summed E-state index contributed by atoms with van der Waals surface area (Å²) in [4.78, 5) is 0. The molecule has 0 radical (unpaired) electrons. The van der Waals surface area contributed by atoms with Gasteiger partial charge >= 0.3 is 0 Å². The van der Waals surface area contributed by atoms with Crippen LogP contribution in [0.4, 0.5) is 0 Å². The number of hydrogen-bond acceptors (Lipinski definition) is 3. The van der Waals surface area contributed by atoms with Crippen molar-refractivity contribution >= 4 is 0 Å². The summed E-state index contributed by atoms with van der Waals surface area (Å²) in [5.74, 6) is 0.901. The van der Waals surface area contributed by atoms with Crippen molar-refractivity contribution in [2.75, 3.05) is 19.7 Å². The molecule has 1 aromatic rings. The smallest absolute Gasteiger partial charge is 0.163 e. The standard InChI is InChI=1S/C11H19N3O/c1-5-6-12-7-8-15-11-9(2)13-14(4)10(11)3/h5,12H,1,6-8H2,2-4H3. The van der Waals surface area contributed by atoms with Gasteiger partial charge in [-0.1, -0.05) is 6.08 Å². The van der Waals surface area contributed by atoms with Crippen LogP contribution >= 0.6 is 0 Å². The Hall–Kier alpha value is -1.29. The summed E-state index contributed by atoms with van der Waals surface area (Å²) in [5.41, 5.74) is 2.01. The molecule has 84 valence electrons. The maximum Gasteiger partial charge on any atom is 0.163 e. The van der Waals surface area contributed by atoms with Crippen molar-refractivity contribution in [1.82, 2.24) is 15.1 Å². The molecule has 0 aliphatic rings. The first-order valence-corrected chi connectivity index (χ1v) is 5.11. The quantitative estimate of drug-likeness (QED) is 0.565. The first kappa shape index (κ1) is 11.8. The van der Waals surface area contributed by atoms with E-state index < -0.39 is 0 Å². The van der Waals surface area contributed by atoms with E-state index in [0.717, 1.165) is 30.2 Å². The van der Waals surface area contributed by atoms with Gasteiger partial charge in [-0.2, -0.15) is 5.10 Å². The van der Waals surface area contributed by atoms with Crippen LogP contribution in [-0.2, 0) is 7.05 Å². The molecule has 0 fully saturated rings. The fourth-order valence-electron chi connectivity index (χ4n) is 1.39. The highest BCUT2D eigenvalue weighted by Gasteiger charge is 2.09. The van der Waals surface area contributed by atoms with E-state index in [0.29, 0.717) is 6.61 Å². The highest BCUT2D eigenvalue weighted by molar-refractivity contribution is 5.31. The molecule has 1 aromatic heterocycles. The SMILES string of the molecule is C=CCNCCOc1c(C)nn(C)c1C. The number of ether oxygens (including phenoxy) is 1. The molecule has 0 aliphatic heterocycles. The summed E-state index contributed by atoms with van der Waals surface area (Å²) in [7, 11) is 1.92. The van der Waals surface area contributed by atoms with Gasteiger partial charge in [0.1, 0.15) is 12.3 Å². The van der Waals surface area contributed by atoms with Crippen LogP contribution in [0.3, 0.4) is 0 Å². The average molecular weight is 209 g/mol. The highest BCUT2D eigenvalue weighted by Crippen LogP contribution is 2.20. The van der Waals surface area contributed by atoms with Crippen LogP contribution in [0.15, 0.2) is 12.7 Å². The first-order chi connectivity index (χ1) is 7.16. The third-order valence-corrected chi connectivity index (χ3v) is 2.26. The number of aryl methyl sites for hydroxylation is 2. The van der Waals surface area contributed by atoms with Gasteiger partial charge < -0.3 is 10.1 Å². The number of nitrogens with zero attached hydrogens (tertiary/aromatic N) is 2. The summed E-state index contributed by atoms with van der Waals surface area (Å²) in [6.45, 7) is 9.88. The van der Waals surface area contributed by atoms with E-state index in [9.17, 15) is 0 Å². The lowest BCUT2D eigenvalue weighted by Gasteiger charge is -2.06. The van der Waals surface area contributed by atoms with Crippen LogP contribution in [0.2, 0.25) is 0 Å². The first-order valence-electron chi connectivity index (χ1n) is 5.11. The van der Waals surface area contributed by atoms with Gasteiger partial charge in [0.2, 0.25) is 0 Å². The lowest BCUT2D eigenvalue weighted by molar-refractivity contribution is 0.312. The zero-order valence-corrected chi connectivity index (χ0v) is 9.71. The van der Waals surface area contributed by atoms with Gasteiger partial charge in [-0.15, -0.1) is 6.58 Å².